The Kier molecular flexibility index (Phi) is 2.75. The molecule has 0 saturated heterocycles. The van der Waals surface area contributed by atoms with Crippen LogP contribution in [0, 0.1) is 0 Å². The van der Waals surface area contributed by atoms with Crippen LogP contribution in [0.1, 0.15) is 5.69 Å². The van der Waals surface area contributed by atoms with Gasteiger partial charge in [-0.25, -0.2) is 14.5 Å². The van der Waals surface area contributed by atoms with Gasteiger partial charge in [-0.15, -0.1) is 5.10 Å². The number of methoxy groups -OCH3 is 1. The fraction of sp³-hybridized carbons (Fsp3) is 0.154. The standard InChI is InChI=1S/C13H12N4O2/c1-19-12-7-4-5-10(14-12)9-17-13(18)16-8-3-2-6-11(16)15-17/h2-8H,9H2,1H3. The van der Waals surface area contributed by atoms with E-state index in [2.05, 4.69) is 10.1 Å². The minimum Gasteiger partial charge on any atom is -0.481 e. The van der Waals surface area contributed by atoms with Crippen molar-refractivity contribution in [3.63, 3.8) is 0 Å². The van der Waals surface area contributed by atoms with E-state index in [9.17, 15) is 4.79 Å². The quantitative estimate of drug-likeness (QED) is 0.700. The molecule has 6 nitrogen and oxygen atoms in total. The Balaban J connectivity index is 2.01. The molecular weight excluding hydrogens is 244 g/mol. The summed E-state index contributed by atoms with van der Waals surface area (Å²) in [6, 6.07) is 10.9. The molecule has 96 valence electrons. The molecular formula is C13H12N4O2. The summed E-state index contributed by atoms with van der Waals surface area (Å²) in [5.41, 5.74) is 1.17. The Morgan fingerprint density at radius 3 is 2.89 bits per heavy atom. The second-order valence-corrected chi connectivity index (χ2v) is 4.04. The lowest BCUT2D eigenvalue weighted by Crippen LogP contribution is -2.22. The van der Waals surface area contributed by atoms with Gasteiger partial charge in [-0.05, 0) is 18.2 Å². The molecule has 0 aliphatic carbocycles. The summed E-state index contributed by atoms with van der Waals surface area (Å²) in [7, 11) is 1.56. The van der Waals surface area contributed by atoms with E-state index in [0.29, 0.717) is 18.1 Å². The summed E-state index contributed by atoms with van der Waals surface area (Å²) in [6.45, 7) is 0.317. The Labute approximate surface area is 108 Å². The van der Waals surface area contributed by atoms with Crippen molar-refractivity contribution in [1.29, 1.82) is 0 Å². The van der Waals surface area contributed by atoms with Gasteiger partial charge in [0.15, 0.2) is 5.65 Å². The molecule has 0 radical (unpaired) electrons. The largest absolute Gasteiger partial charge is 0.481 e. The molecule has 0 amide bonds. The van der Waals surface area contributed by atoms with Crippen LogP contribution >= 0.6 is 0 Å². The summed E-state index contributed by atoms with van der Waals surface area (Å²) in [5, 5.41) is 4.25. The van der Waals surface area contributed by atoms with Crippen molar-refractivity contribution in [2.75, 3.05) is 7.11 Å². The van der Waals surface area contributed by atoms with E-state index >= 15 is 0 Å². The summed E-state index contributed by atoms with van der Waals surface area (Å²) in [5.74, 6) is 0.523. The highest BCUT2D eigenvalue weighted by Gasteiger charge is 2.07. The van der Waals surface area contributed by atoms with Crippen LogP contribution in [0.25, 0.3) is 5.65 Å². The number of ether oxygens (including phenoxy) is 1. The lowest BCUT2D eigenvalue weighted by molar-refractivity contribution is 0.395. The van der Waals surface area contributed by atoms with Gasteiger partial charge in [0.25, 0.3) is 0 Å². The van der Waals surface area contributed by atoms with Crippen molar-refractivity contribution < 1.29 is 4.74 Å². The van der Waals surface area contributed by atoms with E-state index in [1.165, 1.54) is 9.08 Å². The molecule has 0 fully saturated rings. The molecule has 19 heavy (non-hydrogen) atoms. The minimum atomic E-state index is -0.180. The van der Waals surface area contributed by atoms with Crippen molar-refractivity contribution in [3.05, 3.63) is 58.8 Å². The third kappa shape index (κ3) is 2.08. The van der Waals surface area contributed by atoms with E-state index in [0.717, 1.165) is 5.69 Å². The third-order valence-corrected chi connectivity index (χ3v) is 2.79. The zero-order chi connectivity index (χ0) is 13.2. The number of rotatable bonds is 3. The smallest absolute Gasteiger partial charge is 0.350 e. The van der Waals surface area contributed by atoms with E-state index in [-0.39, 0.29) is 5.69 Å². The SMILES string of the molecule is COc1cccc(Cn2nc3ccccn3c2=O)n1. The fourth-order valence-electron chi connectivity index (χ4n) is 1.88. The average Bonchev–Trinajstić information content (AvgIpc) is 2.76. The van der Waals surface area contributed by atoms with Gasteiger partial charge in [0, 0.05) is 12.3 Å². The minimum absolute atomic E-state index is 0.180. The lowest BCUT2D eigenvalue weighted by Gasteiger charge is -2.02. The van der Waals surface area contributed by atoms with E-state index in [1.54, 1.807) is 31.5 Å². The molecule has 3 heterocycles. The highest BCUT2D eigenvalue weighted by molar-refractivity contribution is 5.35. The predicted octanol–water partition coefficient (Wildman–Crippen LogP) is 0.948. The normalized spacial score (nSPS) is 10.8. The molecule has 0 spiro atoms. The number of hydrogen-bond acceptors (Lipinski definition) is 4. The second-order valence-electron chi connectivity index (χ2n) is 4.04. The van der Waals surface area contributed by atoms with Crippen molar-refractivity contribution in [1.82, 2.24) is 19.2 Å². The molecule has 0 saturated carbocycles. The molecule has 0 atom stereocenters. The molecule has 0 aliphatic rings. The van der Waals surface area contributed by atoms with Gasteiger partial charge in [-0.1, -0.05) is 12.1 Å². The monoisotopic (exact) mass is 256 g/mol. The van der Waals surface area contributed by atoms with Crippen molar-refractivity contribution >= 4 is 5.65 Å². The van der Waals surface area contributed by atoms with Crippen LogP contribution < -0.4 is 10.4 Å². The van der Waals surface area contributed by atoms with Gasteiger partial charge in [-0.3, -0.25) is 4.40 Å². The first kappa shape index (κ1) is 11.5. The summed E-state index contributed by atoms with van der Waals surface area (Å²) >= 11 is 0. The Morgan fingerprint density at radius 2 is 2.11 bits per heavy atom. The summed E-state index contributed by atoms with van der Waals surface area (Å²) in [6.07, 6.45) is 1.69. The number of aromatic nitrogens is 4. The summed E-state index contributed by atoms with van der Waals surface area (Å²) < 4.78 is 7.94. The Morgan fingerprint density at radius 1 is 1.21 bits per heavy atom. The van der Waals surface area contributed by atoms with Gasteiger partial charge in [0.05, 0.1) is 19.3 Å². The van der Waals surface area contributed by atoms with Gasteiger partial charge >= 0.3 is 5.69 Å². The van der Waals surface area contributed by atoms with Crippen LogP contribution in [-0.4, -0.2) is 26.3 Å². The number of hydrogen-bond donors (Lipinski definition) is 0. The van der Waals surface area contributed by atoms with Crippen molar-refractivity contribution in [2.45, 2.75) is 6.54 Å². The number of nitrogens with zero attached hydrogens (tertiary/aromatic N) is 4. The van der Waals surface area contributed by atoms with Crippen LogP contribution in [0.3, 0.4) is 0 Å². The zero-order valence-electron chi connectivity index (χ0n) is 10.4. The van der Waals surface area contributed by atoms with Crippen molar-refractivity contribution in [2.24, 2.45) is 0 Å². The fourth-order valence-corrected chi connectivity index (χ4v) is 1.88. The first-order valence-electron chi connectivity index (χ1n) is 5.82. The van der Waals surface area contributed by atoms with Crippen LogP contribution in [0.5, 0.6) is 5.88 Å². The van der Waals surface area contributed by atoms with Gasteiger partial charge in [0.1, 0.15) is 0 Å². The molecule has 3 rings (SSSR count). The van der Waals surface area contributed by atoms with E-state index in [4.69, 9.17) is 4.74 Å². The molecule has 0 bridgehead atoms. The van der Waals surface area contributed by atoms with E-state index < -0.39 is 0 Å². The predicted molar refractivity (Wildman–Crippen MR) is 69.3 cm³/mol. The first-order valence-corrected chi connectivity index (χ1v) is 5.82. The molecule has 0 aliphatic heterocycles. The zero-order valence-corrected chi connectivity index (χ0v) is 10.4. The molecule has 6 heteroatoms. The Hall–Kier alpha value is -2.63. The van der Waals surface area contributed by atoms with Crippen LogP contribution in [-0.2, 0) is 6.54 Å². The van der Waals surface area contributed by atoms with Gasteiger partial charge in [0.2, 0.25) is 5.88 Å². The summed E-state index contributed by atoms with van der Waals surface area (Å²) in [4.78, 5) is 16.4. The van der Waals surface area contributed by atoms with Crippen molar-refractivity contribution in [3.8, 4) is 5.88 Å². The van der Waals surface area contributed by atoms with Crippen LogP contribution in [0.15, 0.2) is 47.4 Å². The highest BCUT2D eigenvalue weighted by atomic mass is 16.5. The molecule has 3 aromatic rings. The Bertz CT molecular complexity index is 775. The number of pyridine rings is 2. The average molecular weight is 256 g/mol. The number of fused-ring (bicyclic) bond motifs is 1. The maximum Gasteiger partial charge on any atom is 0.350 e. The topological polar surface area (TPSA) is 61.4 Å². The highest BCUT2D eigenvalue weighted by Crippen LogP contribution is 2.07. The second kappa shape index (κ2) is 4.56. The maximum absolute atomic E-state index is 12.1. The van der Waals surface area contributed by atoms with E-state index in [1.807, 2.05) is 18.2 Å². The van der Waals surface area contributed by atoms with Crippen LogP contribution in [0.2, 0.25) is 0 Å². The molecule has 0 unspecified atom stereocenters. The van der Waals surface area contributed by atoms with Gasteiger partial charge < -0.3 is 4.74 Å². The first-order chi connectivity index (χ1) is 9.28. The third-order valence-electron chi connectivity index (χ3n) is 2.79. The molecule has 0 N–H and O–H groups in total. The molecule has 0 aromatic carbocycles. The molecule has 3 aromatic heterocycles. The lowest BCUT2D eigenvalue weighted by atomic mass is 10.3. The van der Waals surface area contributed by atoms with Gasteiger partial charge in [-0.2, -0.15) is 0 Å². The van der Waals surface area contributed by atoms with Crippen LogP contribution in [0.4, 0.5) is 0 Å². The maximum atomic E-state index is 12.1.